The largest absolute Gasteiger partial charge is 0.315 e. The standard InChI is InChI=1S/C16H21ClN2S/c1-11(2)7-14-15(10-18-3)20-16(19-14)9-12-5-4-6-13(17)8-12/h4-6,8,11,18H,7,9-10H2,1-3H3. The molecule has 0 saturated carbocycles. The van der Waals surface area contributed by atoms with E-state index in [9.17, 15) is 0 Å². The van der Waals surface area contributed by atoms with Crippen molar-refractivity contribution in [2.75, 3.05) is 7.05 Å². The predicted octanol–water partition coefficient (Wildman–Crippen LogP) is 4.31. The lowest BCUT2D eigenvalue weighted by molar-refractivity contribution is 0.629. The van der Waals surface area contributed by atoms with Crippen molar-refractivity contribution in [2.45, 2.75) is 33.2 Å². The lowest BCUT2D eigenvalue weighted by Gasteiger charge is -2.03. The molecule has 1 N–H and O–H groups in total. The van der Waals surface area contributed by atoms with Gasteiger partial charge in [-0.2, -0.15) is 0 Å². The molecule has 0 atom stereocenters. The minimum absolute atomic E-state index is 0.631. The molecule has 0 amide bonds. The third-order valence-electron chi connectivity index (χ3n) is 3.01. The van der Waals surface area contributed by atoms with Crippen molar-refractivity contribution in [3.63, 3.8) is 0 Å². The zero-order valence-electron chi connectivity index (χ0n) is 12.2. The van der Waals surface area contributed by atoms with Gasteiger partial charge in [0.05, 0.1) is 10.7 Å². The molecule has 0 unspecified atom stereocenters. The first kappa shape index (κ1) is 15.5. The Balaban J connectivity index is 2.19. The van der Waals surface area contributed by atoms with Crippen molar-refractivity contribution in [1.82, 2.24) is 10.3 Å². The second-order valence-corrected chi connectivity index (χ2v) is 7.02. The third-order valence-corrected chi connectivity index (χ3v) is 4.34. The second-order valence-electron chi connectivity index (χ2n) is 5.41. The summed E-state index contributed by atoms with van der Waals surface area (Å²) in [5.74, 6) is 0.631. The number of hydrogen-bond acceptors (Lipinski definition) is 3. The van der Waals surface area contributed by atoms with E-state index >= 15 is 0 Å². The van der Waals surface area contributed by atoms with E-state index in [-0.39, 0.29) is 0 Å². The first-order valence-electron chi connectivity index (χ1n) is 6.95. The van der Waals surface area contributed by atoms with Crippen LogP contribution >= 0.6 is 22.9 Å². The molecule has 0 fully saturated rings. The molecule has 2 rings (SSSR count). The Morgan fingerprint density at radius 3 is 2.80 bits per heavy atom. The molecule has 108 valence electrons. The smallest absolute Gasteiger partial charge is 0.0975 e. The Hall–Kier alpha value is -0.900. The SMILES string of the molecule is CNCc1sc(Cc2cccc(Cl)c2)nc1CC(C)C. The highest BCUT2D eigenvalue weighted by molar-refractivity contribution is 7.11. The van der Waals surface area contributed by atoms with Crippen LogP contribution in [-0.2, 0) is 19.4 Å². The number of benzene rings is 1. The van der Waals surface area contributed by atoms with Gasteiger partial charge in [0.2, 0.25) is 0 Å². The zero-order chi connectivity index (χ0) is 14.5. The van der Waals surface area contributed by atoms with E-state index in [0.717, 1.165) is 24.4 Å². The number of nitrogens with zero attached hydrogens (tertiary/aromatic N) is 1. The van der Waals surface area contributed by atoms with Gasteiger partial charge in [-0.1, -0.05) is 37.6 Å². The molecule has 0 spiro atoms. The lowest BCUT2D eigenvalue weighted by atomic mass is 10.1. The number of halogens is 1. The highest BCUT2D eigenvalue weighted by atomic mass is 35.5. The summed E-state index contributed by atoms with van der Waals surface area (Å²) in [6.45, 7) is 5.37. The van der Waals surface area contributed by atoms with Crippen LogP contribution in [0.25, 0.3) is 0 Å². The summed E-state index contributed by atoms with van der Waals surface area (Å²) in [6.07, 6.45) is 1.91. The van der Waals surface area contributed by atoms with Crippen LogP contribution in [0, 0.1) is 5.92 Å². The topological polar surface area (TPSA) is 24.9 Å². The van der Waals surface area contributed by atoms with Crippen LogP contribution in [0.1, 0.15) is 35.0 Å². The van der Waals surface area contributed by atoms with Gasteiger partial charge < -0.3 is 5.32 Å². The van der Waals surface area contributed by atoms with Gasteiger partial charge in [0.25, 0.3) is 0 Å². The fraction of sp³-hybridized carbons (Fsp3) is 0.438. The molecule has 20 heavy (non-hydrogen) atoms. The summed E-state index contributed by atoms with van der Waals surface area (Å²) in [4.78, 5) is 6.19. The molecule has 1 aromatic carbocycles. The predicted molar refractivity (Wildman–Crippen MR) is 87.7 cm³/mol. The molecule has 0 radical (unpaired) electrons. The number of aromatic nitrogens is 1. The molecule has 0 aliphatic rings. The molecule has 4 heteroatoms. The summed E-state index contributed by atoms with van der Waals surface area (Å²) in [6, 6.07) is 8.02. The van der Waals surface area contributed by atoms with Gasteiger partial charge in [0.15, 0.2) is 0 Å². The van der Waals surface area contributed by atoms with E-state index < -0.39 is 0 Å². The summed E-state index contributed by atoms with van der Waals surface area (Å²) >= 11 is 7.85. The molecule has 1 heterocycles. The Bertz CT molecular complexity index is 563. The van der Waals surface area contributed by atoms with E-state index in [1.165, 1.54) is 21.1 Å². The maximum absolute atomic E-state index is 6.04. The number of hydrogen-bond donors (Lipinski definition) is 1. The minimum atomic E-state index is 0.631. The van der Waals surface area contributed by atoms with Crippen LogP contribution in [0.5, 0.6) is 0 Å². The fourth-order valence-electron chi connectivity index (χ4n) is 2.18. The molecule has 1 aromatic heterocycles. The molecule has 0 saturated heterocycles. The van der Waals surface area contributed by atoms with Crippen LogP contribution < -0.4 is 5.32 Å². The summed E-state index contributed by atoms with van der Waals surface area (Å²) in [7, 11) is 1.98. The first-order valence-corrected chi connectivity index (χ1v) is 8.14. The summed E-state index contributed by atoms with van der Waals surface area (Å²) in [5.41, 5.74) is 2.47. The van der Waals surface area contributed by atoms with Crippen molar-refractivity contribution < 1.29 is 0 Å². The summed E-state index contributed by atoms with van der Waals surface area (Å²) < 4.78 is 0. The Morgan fingerprint density at radius 2 is 2.15 bits per heavy atom. The summed E-state index contributed by atoms with van der Waals surface area (Å²) in [5, 5.41) is 5.20. The molecule has 0 aliphatic heterocycles. The van der Waals surface area contributed by atoms with E-state index in [0.29, 0.717) is 5.92 Å². The third kappa shape index (κ3) is 4.30. The van der Waals surface area contributed by atoms with Crippen molar-refractivity contribution in [2.24, 2.45) is 5.92 Å². The molecule has 0 aliphatic carbocycles. The minimum Gasteiger partial charge on any atom is -0.315 e. The van der Waals surface area contributed by atoms with Crippen LogP contribution in [0.15, 0.2) is 24.3 Å². The number of rotatable bonds is 6. The van der Waals surface area contributed by atoms with Gasteiger partial charge in [-0.25, -0.2) is 4.98 Å². The normalized spacial score (nSPS) is 11.2. The first-order chi connectivity index (χ1) is 9.58. The van der Waals surface area contributed by atoms with Crippen molar-refractivity contribution in [1.29, 1.82) is 0 Å². The molecular weight excluding hydrogens is 288 g/mol. The molecule has 0 bridgehead atoms. The average Bonchev–Trinajstić information content (AvgIpc) is 2.71. The Labute approximate surface area is 130 Å². The van der Waals surface area contributed by atoms with Gasteiger partial charge in [-0.15, -0.1) is 11.3 Å². The zero-order valence-corrected chi connectivity index (χ0v) is 13.8. The molecule has 2 aromatic rings. The Kier molecular flexibility index (Phi) is 5.58. The molecular formula is C16H21ClN2S. The quantitative estimate of drug-likeness (QED) is 0.860. The maximum atomic E-state index is 6.04. The van der Waals surface area contributed by atoms with E-state index in [1.807, 2.05) is 36.6 Å². The highest BCUT2D eigenvalue weighted by Gasteiger charge is 2.12. The highest BCUT2D eigenvalue weighted by Crippen LogP contribution is 2.24. The average molecular weight is 309 g/mol. The fourth-order valence-corrected chi connectivity index (χ4v) is 3.53. The van der Waals surface area contributed by atoms with Crippen molar-refractivity contribution in [3.05, 3.63) is 50.4 Å². The lowest BCUT2D eigenvalue weighted by Crippen LogP contribution is -2.07. The number of thiazole rings is 1. The van der Waals surface area contributed by atoms with Gasteiger partial charge >= 0.3 is 0 Å². The van der Waals surface area contributed by atoms with Crippen LogP contribution in [-0.4, -0.2) is 12.0 Å². The van der Waals surface area contributed by atoms with Crippen molar-refractivity contribution >= 4 is 22.9 Å². The van der Waals surface area contributed by atoms with Crippen LogP contribution in [0.2, 0.25) is 5.02 Å². The van der Waals surface area contributed by atoms with Crippen molar-refractivity contribution in [3.8, 4) is 0 Å². The van der Waals surface area contributed by atoms with Crippen LogP contribution in [0.3, 0.4) is 0 Å². The van der Waals surface area contributed by atoms with E-state index in [4.69, 9.17) is 16.6 Å². The van der Waals surface area contributed by atoms with Gasteiger partial charge in [-0.3, -0.25) is 0 Å². The monoisotopic (exact) mass is 308 g/mol. The van der Waals surface area contributed by atoms with Gasteiger partial charge in [0.1, 0.15) is 0 Å². The number of nitrogens with one attached hydrogen (secondary N) is 1. The van der Waals surface area contributed by atoms with Crippen LogP contribution in [0.4, 0.5) is 0 Å². The van der Waals surface area contributed by atoms with Gasteiger partial charge in [0, 0.05) is 22.9 Å². The molecule has 2 nitrogen and oxygen atoms in total. The van der Waals surface area contributed by atoms with E-state index in [1.54, 1.807) is 0 Å². The maximum Gasteiger partial charge on any atom is 0.0975 e. The Morgan fingerprint density at radius 1 is 1.35 bits per heavy atom. The second kappa shape index (κ2) is 7.21. The van der Waals surface area contributed by atoms with E-state index in [2.05, 4.69) is 25.2 Å². The van der Waals surface area contributed by atoms with Gasteiger partial charge in [-0.05, 0) is 37.1 Å².